The summed E-state index contributed by atoms with van der Waals surface area (Å²) in [6.45, 7) is 1.46. The van der Waals surface area contributed by atoms with Gasteiger partial charge in [0.25, 0.3) is 0 Å². The maximum Gasteiger partial charge on any atom is 0.232 e. The first kappa shape index (κ1) is 11.3. The van der Waals surface area contributed by atoms with Crippen LogP contribution in [-0.4, -0.2) is 14.2 Å². The van der Waals surface area contributed by atoms with E-state index in [0.29, 0.717) is 0 Å². The Kier molecular flexibility index (Phi) is 3.34. The molecular formula is C8H9ClFNO2S. The van der Waals surface area contributed by atoms with E-state index in [1.54, 1.807) is 0 Å². The Labute approximate surface area is 86.9 Å². The van der Waals surface area contributed by atoms with Crippen molar-refractivity contribution in [1.82, 2.24) is 0 Å². The van der Waals surface area contributed by atoms with Gasteiger partial charge in [0.15, 0.2) is 0 Å². The highest BCUT2D eigenvalue weighted by Crippen LogP contribution is 2.20. The summed E-state index contributed by atoms with van der Waals surface area (Å²) in [5.74, 6) is -0.759. The Morgan fingerprint density at radius 1 is 1.50 bits per heavy atom. The second-order valence-electron chi connectivity index (χ2n) is 2.63. The summed E-state index contributed by atoms with van der Waals surface area (Å²) < 4.78 is 37.4. The second-order valence-corrected chi connectivity index (χ2v) is 5.08. The van der Waals surface area contributed by atoms with E-state index in [-0.39, 0.29) is 16.5 Å². The zero-order valence-electron chi connectivity index (χ0n) is 7.42. The minimum Gasteiger partial charge on any atom is -0.281 e. The average molecular weight is 238 g/mol. The molecule has 0 aliphatic rings. The fraction of sp³-hybridized carbons (Fsp3) is 0.250. The highest BCUT2D eigenvalue weighted by molar-refractivity contribution is 7.92. The van der Waals surface area contributed by atoms with E-state index < -0.39 is 15.8 Å². The van der Waals surface area contributed by atoms with Crippen LogP contribution in [0.4, 0.5) is 10.1 Å². The SMILES string of the molecule is CCS(=O)(=O)Nc1cc(Cl)ccc1F. The number of sulfonamides is 1. The van der Waals surface area contributed by atoms with Crippen LogP contribution in [0.5, 0.6) is 0 Å². The van der Waals surface area contributed by atoms with Crippen LogP contribution in [0, 0.1) is 5.82 Å². The van der Waals surface area contributed by atoms with Crippen molar-refractivity contribution in [1.29, 1.82) is 0 Å². The first-order valence-electron chi connectivity index (χ1n) is 3.90. The molecule has 1 aromatic rings. The third-order valence-electron chi connectivity index (χ3n) is 1.57. The van der Waals surface area contributed by atoms with E-state index >= 15 is 0 Å². The van der Waals surface area contributed by atoms with Gasteiger partial charge in [0, 0.05) is 5.02 Å². The molecule has 0 atom stereocenters. The molecule has 0 saturated carbocycles. The van der Waals surface area contributed by atoms with Gasteiger partial charge in [-0.2, -0.15) is 0 Å². The second kappa shape index (κ2) is 4.14. The summed E-state index contributed by atoms with van der Waals surface area (Å²) in [4.78, 5) is 0. The summed E-state index contributed by atoms with van der Waals surface area (Å²) in [6.07, 6.45) is 0. The highest BCUT2D eigenvalue weighted by atomic mass is 35.5. The summed E-state index contributed by atoms with van der Waals surface area (Å²) in [5, 5.41) is 0.278. The molecule has 78 valence electrons. The molecule has 0 unspecified atom stereocenters. The molecule has 0 spiro atoms. The zero-order valence-corrected chi connectivity index (χ0v) is 8.99. The van der Waals surface area contributed by atoms with Gasteiger partial charge >= 0.3 is 0 Å². The van der Waals surface area contributed by atoms with Gasteiger partial charge in [0.2, 0.25) is 10.0 Å². The van der Waals surface area contributed by atoms with Crippen molar-refractivity contribution in [2.24, 2.45) is 0 Å². The molecule has 0 amide bonds. The van der Waals surface area contributed by atoms with Crippen LogP contribution in [-0.2, 0) is 10.0 Å². The standard InChI is InChI=1S/C8H9ClFNO2S/c1-2-14(12,13)11-8-5-6(9)3-4-7(8)10/h3-5,11H,2H2,1H3. The molecule has 0 aliphatic heterocycles. The third-order valence-corrected chi connectivity index (χ3v) is 3.10. The van der Waals surface area contributed by atoms with Gasteiger partial charge in [-0.05, 0) is 25.1 Å². The maximum absolute atomic E-state index is 13.1. The third kappa shape index (κ3) is 2.85. The van der Waals surface area contributed by atoms with Gasteiger partial charge in [-0.1, -0.05) is 11.6 Å². The summed E-state index contributed by atoms with van der Waals surface area (Å²) >= 11 is 5.59. The first-order valence-corrected chi connectivity index (χ1v) is 5.93. The van der Waals surface area contributed by atoms with Crippen LogP contribution in [0.3, 0.4) is 0 Å². The molecule has 0 saturated heterocycles. The van der Waals surface area contributed by atoms with Gasteiger partial charge in [-0.3, -0.25) is 4.72 Å². The lowest BCUT2D eigenvalue weighted by molar-refractivity contribution is 0.599. The van der Waals surface area contributed by atoms with Crippen LogP contribution >= 0.6 is 11.6 Å². The van der Waals surface area contributed by atoms with Gasteiger partial charge in [-0.25, -0.2) is 12.8 Å². The van der Waals surface area contributed by atoms with Crippen molar-refractivity contribution in [3.8, 4) is 0 Å². The summed E-state index contributed by atoms with van der Waals surface area (Å²) in [6, 6.07) is 3.68. The molecule has 14 heavy (non-hydrogen) atoms. The van der Waals surface area contributed by atoms with E-state index in [0.717, 1.165) is 6.07 Å². The Balaban J connectivity index is 3.03. The van der Waals surface area contributed by atoms with Gasteiger partial charge in [0.1, 0.15) is 5.82 Å². The van der Waals surface area contributed by atoms with E-state index in [2.05, 4.69) is 4.72 Å². The van der Waals surface area contributed by atoms with Gasteiger partial charge < -0.3 is 0 Å². The summed E-state index contributed by atoms with van der Waals surface area (Å²) in [5.41, 5.74) is -0.126. The number of halogens is 2. The average Bonchev–Trinajstić information content (AvgIpc) is 2.11. The van der Waals surface area contributed by atoms with Crippen molar-refractivity contribution in [2.45, 2.75) is 6.92 Å². The number of anilines is 1. The van der Waals surface area contributed by atoms with Crippen LogP contribution in [0.2, 0.25) is 5.02 Å². The maximum atomic E-state index is 13.1. The molecule has 1 aromatic carbocycles. The fourth-order valence-corrected chi connectivity index (χ4v) is 1.62. The van der Waals surface area contributed by atoms with Crippen molar-refractivity contribution >= 4 is 27.3 Å². The lowest BCUT2D eigenvalue weighted by Crippen LogP contribution is -2.15. The molecular weight excluding hydrogens is 229 g/mol. The number of benzene rings is 1. The van der Waals surface area contributed by atoms with Crippen LogP contribution in [0.25, 0.3) is 0 Å². The minimum absolute atomic E-state index is 0.112. The van der Waals surface area contributed by atoms with Crippen molar-refractivity contribution < 1.29 is 12.8 Å². The molecule has 3 nitrogen and oxygen atoms in total. The van der Waals surface area contributed by atoms with E-state index in [9.17, 15) is 12.8 Å². The molecule has 0 fully saturated rings. The Bertz CT molecular complexity index is 433. The topological polar surface area (TPSA) is 46.2 Å². The Hall–Kier alpha value is -0.810. The predicted octanol–water partition coefficient (Wildman–Crippen LogP) is 2.24. The van der Waals surface area contributed by atoms with Crippen molar-refractivity contribution in [2.75, 3.05) is 10.5 Å². The van der Waals surface area contributed by atoms with E-state index in [1.165, 1.54) is 19.1 Å². The Morgan fingerprint density at radius 3 is 2.71 bits per heavy atom. The largest absolute Gasteiger partial charge is 0.281 e. The molecule has 0 bridgehead atoms. The number of rotatable bonds is 3. The van der Waals surface area contributed by atoms with Crippen molar-refractivity contribution in [3.63, 3.8) is 0 Å². The van der Waals surface area contributed by atoms with Gasteiger partial charge in [-0.15, -0.1) is 0 Å². The Morgan fingerprint density at radius 2 is 2.14 bits per heavy atom. The number of nitrogens with one attached hydrogen (secondary N) is 1. The lowest BCUT2D eigenvalue weighted by Gasteiger charge is -2.06. The lowest BCUT2D eigenvalue weighted by atomic mass is 10.3. The highest BCUT2D eigenvalue weighted by Gasteiger charge is 2.10. The van der Waals surface area contributed by atoms with Crippen LogP contribution in [0.1, 0.15) is 6.92 Å². The quantitative estimate of drug-likeness (QED) is 0.877. The molecule has 0 heterocycles. The molecule has 0 radical (unpaired) electrons. The number of hydrogen-bond donors (Lipinski definition) is 1. The fourth-order valence-electron chi connectivity index (χ4n) is 0.815. The molecule has 1 N–H and O–H groups in total. The smallest absolute Gasteiger partial charge is 0.232 e. The molecule has 6 heteroatoms. The molecule has 1 rings (SSSR count). The van der Waals surface area contributed by atoms with Crippen molar-refractivity contribution in [3.05, 3.63) is 29.0 Å². The monoisotopic (exact) mass is 237 g/mol. The normalized spacial score (nSPS) is 11.4. The zero-order chi connectivity index (χ0) is 10.8. The van der Waals surface area contributed by atoms with Gasteiger partial charge in [0.05, 0.1) is 11.4 Å². The molecule has 0 aliphatic carbocycles. The molecule has 0 aromatic heterocycles. The van der Waals surface area contributed by atoms with E-state index in [4.69, 9.17) is 11.6 Å². The first-order chi connectivity index (χ1) is 6.44. The predicted molar refractivity (Wildman–Crippen MR) is 54.5 cm³/mol. The number of hydrogen-bond acceptors (Lipinski definition) is 2. The van der Waals surface area contributed by atoms with E-state index in [1.807, 2.05) is 0 Å². The van der Waals surface area contributed by atoms with Crippen LogP contribution in [0.15, 0.2) is 18.2 Å². The summed E-state index contributed by atoms with van der Waals surface area (Å²) in [7, 11) is -3.46. The minimum atomic E-state index is -3.46. The van der Waals surface area contributed by atoms with Crippen LogP contribution < -0.4 is 4.72 Å².